The third kappa shape index (κ3) is 4.24. The van der Waals surface area contributed by atoms with Crippen molar-refractivity contribution in [1.82, 2.24) is 5.32 Å². The Bertz CT molecular complexity index is 217. The van der Waals surface area contributed by atoms with E-state index in [4.69, 9.17) is 4.74 Å². The van der Waals surface area contributed by atoms with Crippen molar-refractivity contribution in [3.05, 3.63) is 0 Å². The molecular formula is C16H31NO. The predicted molar refractivity (Wildman–Crippen MR) is 76.9 cm³/mol. The highest BCUT2D eigenvalue weighted by Crippen LogP contribution is 2.42. The van der Waals surface area contributed by atoms with E-state index < -0.39 is 0 Å². The average molecular weight is 253 g/mol. The maximum atomic E-state index is 5.73. The molecule has 1 aliphatic heterocycles. The van der Waals surface area contributed by atoms with Gasteiger partial charge in [0.15, 0.2) is 0 Å². The SMILES string of the molecule is CCCNCC1(CCCC2CCCO2)CCCC1. The molecule has 1 saturated heterocycles. The second-order valence-corrected chi connectivity index (χ2v) is 6.41. The van der Waals surface area contributed by atoms with E-state index in [-0.39, 0.29) is 0 Å². The molecule has 0 bridgehead atoms. The molecule has 0 amide bonds. The lowest BCUT2D eigenvalue weighted by atomic mass is 9.80. The summed E-state index contributed by atoms with van der Waals surface area (Å²) in [4.78, 5) is 0. The predicted octanol–water partition coefficient (Wildman–Crippen LogP) is 3.90. The summed E-state index contributed by atoms with van der Waals surface area (Å²) in [5.74, 6) is 0. The summed E-state index contributed by atoms with van der Waals surface area (Å²) in [6.07, 6.45) is 14.3. The summed E-state index contributed by atoms with van der Waals surface area (Å²) in [6.45, 7) is 5.71. The zero-order chi connectivity index (χ0) is 12.7. The van der Waals surface area contributed by atoms with E-state index in [0.29, 0.717) is 11.5 Å². The van der Waals surface area contributed by atoms with Gasteiger partial charge in [0, 0.05) is 13.2 Å². The first-order valence-corrected chi connectivity index (χ1v) is 8.17. The molecule has 1 heterocycles. The number of nitrogens with one attached hydrogen (secondary N) is 1. The van der Waals surface area contributed by atoms with Gasteiger partial charge in [0.25, 0.3) is 0 Å². The van der Waals surface area contributed by atoms with Crippen LogP contribution in [0.4, 0.5) is 0 Å². The summed E-state index contributed by atoms with van der Waals surface area (Å²) >= 11 is 0. The molecule has 2 rings (SSSR count). The number of hydrogen-bond acceptors (Lipinski definition) is 2. The number of hydrogen-bond donors (Lipinski definition) is 1. The Labute approximate surface area is 113 Å². The quantitative estimate of drug-likeness (QED) is 0.663. The van der Waals surface area contributed by atoms with Crippen molar-refractivity contribution < 1.29 is 4.74 Å². The van der Waals surface area contributed by atoms with Gasteiger partial charge in [-0.15, -0.1) is 0 Å². The van der Waals surface area contributed by atoms with E-state index in [9.17, 15) is 0 Å². The maximum absolute atomic E-state index is 5.73. The second kappa shape index (κ2) is 7.49. The average Bonchev–Trinajstić information content (AvgIpc) is 3.02. The van der Waals surface area contributed by atoms with Crippen LogP contribution in [-0.2, 0) is 4.74 Å². The Morgan fingerprint density at radius 3 is 2.72 bits per heavy atom. The van der Waals surface area contributed by atoms with Crippen LogP contribution in [0.5, 0.6) is 0 Å². The van der Waals surface area contributed by atoms with Crippen LogP contribution in [0.2, 0.25) is 0 Å². The number of ether oxygens (including phenoxy) is 1. The molecule has 0 spiro atoms. The first kappa shape index (κ1) is 14.3. The molecule has 1 aliphatic carbocycles. The van der Waals surface area contributed by atoms with E-state index >= 15 is 0 Å². The Hall–Kier alpha value is -0.0800. The largest absolute Gasteiger partial charge is 0.378 e. The molecule has 2 aliphatic rings. The smallest absolute Gasteiger partial charge is 0.0576 e. The summed E-state index contributed by atoms with van der Waals surface area (Å²) in [6, 6.07) is 0. The molecule has 1 atom stereocenters. The molecule has 1 N–H and O–H groups in total. The van der Waals surface area contributed by atoms with Gasteiger partial charge >= 0.3 is 0 Å². The van der Waals surface area contributed by atoms with Gasteiger partial charge in [-0.05, 0) is 56.9 Å². The normalized spacial score (nSPS) is 26.8. The summed E-state index contributed by atoms with van der Waals surface area (Å²) in [5.41, 5.74) is 0.633. The second-order valence-electron chi connectivity index (χ2n) is 6.41. The van der Waals surface area contributed by atoms with Crippen molar-refractivity contribution in [2.24, 2.45) is 5.41 Å². The highest BCUT2D eigenvalue weighted by molar-refractivity contribution is 4.87. The minimum absolute atomic E-state index is 0.590. The van der Waals surface area contributed by atoms with Gasteiger partial charge in [-0.3, -0.25) is 0 Å². The van der Waals surface area contributed by atoms with Gasteiger partial charge in [0.2, 0.25) is 0 Å². The molecule has 0 aromatic rings. The topological polar surface area (TPSA) is 21.3 Å². The van der Waals surface area contributed by atoms with Crippen LogP contribution in [0.15, 0.2) is 0 Å². The summed E-state index contributed by atoms with van der Waals surface area (Å²) < 4.78 is 5.73. The van der Waals surface area contributed by atoms with Crippen molar-refractivity contribution in [2.45, 2.75) is 77.2 Å². The molecule has 0 aromatic carbocycles. The third-order valence-corrected chi connectivity index (χ3v) is 4.85. The lowest BCUT2D eigenvalue weighted by Gasteiger charge is -2.30. The van der Waals surface area contributed by atoms with Crippen LogP contribution in [0, 0.1) is 5.41 Å². The Kier molecular flexibility index (Phi) is 5.97. The van der Waals surface area contributed by atoms with Crippen molar-refractivity contribution in [3.63, 3.8) is 0 Å². The maximum Gasteiger partial charge on any atom is 0.0576 e. The Balaban J connectivity index is 1.67. The highest BCUT2D eigenvalue weighted by atomic mass is 16.5. The molecular weight excluding hydrogens is 222 g/mol. The minimum atomic E-state index is 0.590. The molecule has 1 saturated carbocycles. The molecule has 1 unspecified atom stereocenters. The van der Waals surface area contributed by atoms with E-state index in [2.05, 4.69) is 12.2 Å². The molecule has 2 nitrogen and oxygen atoms in total. The highest BCUT2D eigenvalue weighted by Gasteiger charge is 2.33. The fourth-order valence-electron chi connectivity index (χ4n) is 3.75. The van der Waals surface area contributed by atoms with Crippen molar-refractivity contribution >= 4 is 0 Å². The van der Waals surface area contributed by atoms with Crippen molar-refractivity contribution in [2.75, 3.05) is 19.7 Å². The molecule has 2 heteroatoms. The lowest BCUT2D eigenvalue weighted by molar-refractivity contribution is 0.0972. The van der Waals surface area contributed by atoms with Crippen LogP contribution >= 0.6 is 0 Å². The van der Waals surface area contributed by atoms with Gasteiger partial charge in [-0.2, -0.15) is 0 Å². The first-order chi connectivity index (χ1) is 8.85. The van der Waals surface area contributed by atoms with E-state index in [1.807, 2.05) is 0 Å². The van der Waals surface area contributed by atoms with Gasteiger partial charge < -0.3 is 10.1 Å². The molecule has 2 fully saturated rings. The van der Waals surface area contributed by atoms with Crippen LogP contribution in [-0.4, -0.2) is 25.8 Å². The lowest BCUT2D eigenvalue weighted by Crippen LogP contribution is -2.32. The molecule has 18 heavy (non-hydrogen) atoms. The third-order valence-electron chi connectivity index (χ3n) is 4.85. The van der Waals surface area contributed by atoms with E-state index in [1.54, 1.807) is 0 Å². The van der Waals surface area contributed by atoms with E-state index in [1.165, 1.54) is 77.3 Å². The summed E-state index contributed by atoms with van der Waals surface area (Å²) in [7, 11) is 0. The van der Waals surface area contributed by atoms with Crippen LogP contribution in [0.25, 0.3) is 0 Å². The number of rotatable bonds is 8. The van der Waals surface area contributed by atoms with Gasteiger partial charge in [0.05, 0.1) is 6.10 Å². The van der Waals surface area contributed by atoms with Crippen molar-refractivity contribution in [1.29, 1.82) is 0 Å². The molecule has 0 radical (unpaired) electrons. The van der Waals surface area contributed by atoms with Crippen LogP contribution in [0.1, 0.15) is 71.1 Å². The fraction of sp³-hybridized carbons (Fsp3) is 1.00. The molecule has 106 valence electrons. The summed E-state index contributed by atoms with van der Waals surface area (Å²) in [5, 5.41) is 3.67. The first-order valence-electron chi connectivity index (χ1n) is 8.17. The van der Waals surface area contributed by atoms with Crippen LogP contribution in [0.3, 0.4) is 0 Å². The zero-order valence-electron chi connectivity index (χ0n) is 12.2. The fourth-order valence-corrected chi connectivity index (χ4v) is 3.75. The van der Waals surface area contributed by atoms with Crippen LogP contribution < -0.4 is 5.32 Å². The standard InChI is InChI=1S/C16H31NO/c1-2-12-17-14-16(9-3-4-10-16)11-5-7-15-8-6-13-18-15/h15,17H,2-14H2,1H3. The van der Waals surface area contributed by atoms with Gasteiger partial charge in [-0.25, -0.2) is 0 Å². The molecule has 0 aromatic heterocycles. The van der Waals surface area contributed by atoms with E-state index in [0.717, 1.165) is 6.61 Å². The Morgan fingerprint density at radius 1 is 1.22 bits per heavy atom. The zero-order valence-corrected chi connectivity index (χ0v) is 12.2. The van der Waals surface area contributed by atoms with Gasteiger partial charge in [-0.1, -0.05) is 26.2 Å². The van der Waals surface area contributed by atoms with Gasteiger partial charge in [0.1, 0.15) is 0 Å². The minimum Gasteiger partial charge on any atom is -0.378 e. The Morgan fingerprint density at radius 2 is 2.06 bits per heavy atom. The van der Waals surface area contributed by atoms with Crippen molar-refractivity contribution in [3.8, 4) is 0 Å². The monoisotopic (exact) mass is 253 g/mol.